The summed E-state index contributed by atoms with van der Waals surface area (Å²) in [6, 6.07) is 7.28. The molecule has 2 aromatic heterocycles. The fraction of sp³-hybridized carbons (Fsp3) is 0.312. The molecule has 4 rings (SSSR count). The molecule has 1 atom stereocenters. The van der Waals surface area contributed by atoms with E-state index < -0.39 is 0 Å². The highest BCUT2D eigenvalue weighted by Gasteiger charge is 2.31. The van der Waals surface area contributed by atoms with Crippen molar-refractivity contribution in [3.05, 3.63) is 47.7 Å². The van der Waals surface area contributed by atoms with Crippen LogP contribution in [0.1, 0.15) is 11.9 Å². The summed E-state index contributed by atoms with van der Waals surface area (Å²) in [5, 5.41) is 5.54. The second-order valence-corrected chi connectivity index (χ2v) is 6.05. The Morgan fingerprint density at radius 1 is 1.38 bits per heavy atom. The molecule has 3 heterocycles. The Balaban J connectivity index is 1.59. The molecule has 0 saturated carbocycles. The third kappa shape index (κ3) is 2.76. The minimum Gasteiger partial charge on any atom is -0.377 e. The van der Waals surface area contributed by atoms with Gasteiger partial charge in [-0.25, -0.2) is 0 Å². The number of halogens is 1. The number of morpholine rings is 1. The fourth-order valence-corrected chi connectivity index (χ4v) is 3.14. The summed E-state index contributed by atoms with van der Waals surface area (Å²) in [7, 11) is 0. The zero-order valence-corrected chi connectivity index (χ0v) is 13.5. The van der Waals surface area contributed by atoms with E-state index in [4.69, 9.17) is 20.9 Å². The van der Waals surface area contributed by atoms with Gasteiger partial charge in [-0.3, -0.25) is 4.79 Å². The third-order valence-corrected chi connectivity index (χ3v) is 4.40. The van der Waals surface area contributed by atoms with E-state index in [0.717, 1.165) is 10.9 Å². The third-order valence-electron chi connectivity index (χ3n) is 4.17. The maximum atomic E-state index is 12.8. The lowest BCUT2D eigenvalue weighted by Gasteiger charge is -2.33. The molecule has 8 heteroatoms. The molecule has 1 saturated heterocycles. The minimum absolute atomic E-state index is 0.0226. The highest BCUT2D eigenvalue weighted by molar-refractivity contribution is 6.31. The Morgan fingerprint density at radius 2 is 2.29 bits per heavy atom. The van der Waals surface area contributed by atoms with Crippen LogP contribution in [0.4, 0.5) is 0 Å². The summed E-state index contributed by atoms with van der Waals surface area (Å²) < 4.78 is 12.2. The first kappa shape index (κ1) is 15.2. The van der Waals surface area contributed by atoms with E-state index in [1.54, 1.807) is 4.90 Å². The monoisotopic (exact) mass is 346 g/mol. The van der Waals surface area contributed by atoms with E-state index in [1.807, 2.05) is 35.0 Å². The molecule has 1 amide bonds. The van der Waals surface area contributed by atoms with Crippen molar-refractivity contribution >= 4 is 28.4 Å². The molecule has 124 valence electrons. The molecule has 0 unspecified atom stereocenters. The van der Waals surface area contributed by atoms with Crippen LogP contribution in [0.25, 0.3) is 10.9 Å². The number of hydrogen-bond acceptors (Lipinski definition) is 5. The number of nitrogens with zero attached hydrogens (tertiary/aromatic N) is 4. The van der Waals surface area contributed by atoms with Crippen LogP contribution in [-0.4, -0.2) is 45.3 Å². The molecule has 0 aliphatic carbocycles. The number of aromatic nitrogens is 3. The lowest BCUT2D eigenvalue weighted by Crippen LogP contribution is -2.45. The van der Waals surface area contributed by atoms with E-state index in [0.29, 0.717) is 30.6 Å². The van der Waals surface area contributed by atoms with Crippen LogP contribution in [0.2, 0.25) is 5.02 Å². The van der Waals surface area contributed by atoms with Crippen molar-refractivity contribution in [2.75, 3.05) is 19.8 Å². The largest absolute Gasteiger partial charge is 0.377 e. The van der Waals surface area contributed by atoms with Crippen molar-refractivity contribution in [2.45, 2.75) is 12.6 Å². The van der Waals surface area contributed by atoms with Crippen LogP contribution in [0.3, 0.4) is 0 Å². The second-order valence-electron chi connectivity index (χ2n) is 5.61. The van der Waals surface area contributed by atoms with Gasteiger partial charge in [-0.1, -0.05) is 22.8 Å². The van der Waals surface area contributed by atoms with E-state index >= 15 is 0 Å². The molecule has 3 aromatic rings. The van der Waals surface area contributed by atoms with E-state index in [9.17, 15) is 4.79 Å². The minimum atomic E-state index is -0.324. The van der Waals surface area contributed by atoms with Gasteiger partial charge < -0.3 is 18.7 Å². The van der Waals surface area contributed by atoms with E-state index in [-0.39, 0.29) is 18.5 Å². The van der Waals surface area contributed by atoms with Gasteiger partial charge in [-0.15, -0.1) is 0 Å². The molecule has 0 spiro atoms. The van der Waals surface area contributed by atoms with Crippen molar-refractivity contribution in [3.8, 4) is 0 Å². The number of carbonyl (C=O) groups excluding carboxylic acids is 1. The molecular weight excluding hydrogens is 332 g/mol. The number of carbonyl (C=O) groups is 1. The Morgan fingerprint density at radius 3 is 3.12 bits per heavy atom. The summed E-state index contributed by atoms with van der Waals surface area (Å²) in [4.78, 5) is 18.6. The summed E-state index contributed by atoms with van der Waals surface area (Å²) in [6.07, 6.45) is 3.15. The Kier molecular flexibility index (Phi) is 3.95. The van der Waals surface area contributed by atoms with Crippen molar-refractivity contribution in [1.29, 1.82) is 0 Å². The SMILES string of the molecule is O=C(Cn1ccc2ccc(Cl)cc21)N1CCOC[C@H]1c1ncon1. The molecule has 1 aromatic carbocycles. The van der Waals surface area contributed by atoms with Crippen LogP contribution in [0, 0.1) is 0 Å². The topological polar surface area (TPSA) is 73.4 Å². The molecular formula is C16H15ClN4O3. The predicted octanol–water partition coefficient (Wildman–Crippen LogP) is 2.28. The number of ether oxygens (including phenoxy) is 1. The number of benzene rings is 1. The fourth-order valence-electron chi connectivity index (χ4n) is 2.97. The summed E-state index contributed by atoms with van der Waals surface area (Å²) >= 11 is 6.07. The van der Waals surface area contributed by atoms with Gasteiger partial charge in [-0.2, -0.15) is 4.98 Å². The number of hydrogen-bond donors (Lipinski definition) is 0. The van der Waals surface area contributed by atoms with Crippen LogP contribution in [0.5, 0.6) is 0 Å². The van der Waals surface area contributed by atoms with Crippen LogP contribution in [-0.2, 0) is 16.1 Å². The maximum absolute atomic E-state index is 12.8. The number of fused-ring (bicyclic) bond motifs is 1. The molecule has 24 heavy (non-hydrogen) atoms. The Hall–Kier alpha value is -2.38. The van der Waals surface area contributed by atoms with Gasteiger partial charge in [0.05, 0.1) is 13.2 Å². The van der Waals surface area contributed by atoms with Crippen molar-refractivity contribution < 1.29 is 14.1 Å². The van der Waals surface area contributed by atoms with E-state index in [2.05, 4.69) is 10.1 Å². The van der Waals surface area contributed by atoms with Crippen LogP contribution >= 0.6 is 11.6 Å². The molecule has 1 fully saturated rings. The smallest absolute Gasteiger partial charge is 0.243 e. The molecule has 1 aliphatic rings. The van der Waals surface area contributed by atoms with Crippen molar-refractivity contribution in [2.24, 2.45) is 0 Å². The number of amides is 1. The van der Waals surface area contributed by atoms with Crippen LogP contribution in [0.15, 0.2) is 41.4 Å². The zero-order chi connectivity index (χ0) is 16.5. The van der Waals surface area contributed by atoms with Crippen LogP contribution < -0.4 is 0 Å². The molecule has 7 nitrogen and oxygen atoms in total. The molecule has 0 radical (unpaired) electrons. The van der Waals surface area contributed by atoms with Gasteiger partial charge >= 0.3 is 0 Å². The predicted molar refractivity (Wildman–Crippen MR) is 86.5 cm³/mol. The summed E-state index contributed by atoms with van der Waals surface area (Å²) in [5.74, 6) is 0.439. The maximum Gasteiger partial charge on any atom is 0.243 e. The van der Waals surface area contributed by atoms with E-state index in [1.165, 1.54) is 6.39 Å². The normalized spacial score (nSPS) is 18.2. The highest BCUT2D eigenvalue weighted by atomic mass is 35.5. The molecule has 0 N–H and O–H groups in total. The highest BCUT2D eigenvalue weighted by Crippen LogP contribution is 2.24. The van der Waals surface area contributed by atoms with Gasteiger partial charge in [-0.05, 0) is 23.6 Å². The van der Waals surface area contributed by atoms with Gasteiger partial charge in [0.1, 0.15) is 12.6 Å². The average molecular weight is 347 g/mol. The summed E-state index contributed by atoms with van der Waals surface area (Å²) in [5.41, 5.74) is 0.931. The lowest BCUT2D eigenvalue weighted by atomic mass is 10.2. The zero-order valence-electron chi connectivity index (χ0n) is 12.8. The summed E-state index contributed by atoms with van der Waals surface area (Å²) in [6.45, 7) is 1.58. The Labute approximate surface area is 142 Å². The first-order valence-corrected chi connectivity index (χ1v) is 7.98. The molecule has 0 bridgehead atoms. The van der Waals surface area contributed by atoms with Gasteiger partial charge in [0.2, 0.25) is 12.3 Å². The molecule has 1 aliphatic heterocycles. The average Bonchev–Trinajstić information content (AvgIpc) is 3.25. The van der Waals surface area contributed by atoms with Gasteiger partial charge in [0.25, 0.3) is 0 Å². The number of rotatable bonds is 3. The Bertz CT molecular complexity index is 861. The first-order chi connectivity index (χ1) is 11.7. The first-order valence-electron chi connectivity index (χ1n) is 7.60. The lowest BCUT2D eigenvalue weighted by molar-refractivity contribution is -0.141. The second kappa shape index (κ2) is 6.26. The van der Waals surface area contributed by atoms with Crippen molar-refractivity contribution in [1.82, 2.24) is 19.6 Å². The van der Waals surface area contributed by atoms with Crippen molar-refractivity contribution in [3.63, 3.8) is 0 Å². The standard InChI is InChI=1S/C16H15ClN4O3/c17-12-2-1-11-3-4-20(13(11)7-12)8-15(22)21-5-6-23-9-14(21)16-18-10-24-19-16/h1-4,7,10,14H,5-6,8-9H2/t14-/m0/s1. The quantitative estimate of drug-likeness (QED) is 0.727. The van der Waals surface area contributed by atoms with Gasteiger partial charge in [0.15, 0.2) is 5.82 Å². The van der Waals surface area contributed by atoms with Gasteiger partial charge in [0, 0.05) is 23.3 Å².